The first-order valence-corrected chi connectivity index (χ1v) is 7.85. The number of alkyl halides is 3. The smallest absolute Gasteiger partial charge is 0.410 e. The summed E-state index contributed by atoms with van der Waals surface area (Å²) in [4.78, 5) is 12.0. The number of nitrogens with one attached hydrogen (secondary N) is 1. The monoisotopic (exact) mass is 352 g/mol. The molecule has 1 fully saturated rings. The first kappa shape index (κ1) is 17.5. The van der Waals surface area contributed by atoms with E-state index in [9.17, 15) is 18.0 Å². The number of nitrogens with zero attached hydrogens (tertiary/aromatic N) is 1. The zero-order valence-electron chi connectivity index (χ0n) is 14.1. The van der Waals surface area contributed by atoms with E-state index in [1.165, 1.54) is 13.2 Å². The van der Waals surface area contributed by atoms with E-state index in [-0.39, 0.29) is 17.9 Å². The Balaban J connectivity index is 2.15. The van der Waals surface area contributed by atoms with Gasteiger partial charge in [0.15, 0.2) is 6.04 Å². The van der Waals surface area contributed by atoms with Crippen molar-refractivity contribution in [2.45, 2.75) is 26.1 Å². The van der Waals surface area contributed by atoms with Crippen molar-refractivity contribution in [2.24, 2.45) is 5.41 Å². The summed E-state index contributed by atoms with van der Waals surface area (Å²) in [6, 6.07) is 8.15. The Labute approximate surface area is 143 Å². The average Bonchev–Trinajstić information content (AvgIpc) is 2.78. The van der Waals surface area contributed by atoms with Crippen molar-refractivity contribution in [1.82, 2.24) is 10.4 Å². The molecule has 2 aromatic rings. The molecule has 3 rings (SSSR count). The summed E-state index contributed by atoms with van der Waals surface area (Å²) >= 11 is 0. The van der Waals surface area contributed by atoms with Gasteiger partial charge in [-0.2, -0.15) is 13.2 Å². The molecule has 1 aliphatic heterocycles. The first-order chi connectivity index (χ1) is 11.6. The van der Waals surface area contributed by atoms with Gasteiger partial charge in [0, 0.05) is 17.5 Å². The van der Waals surface area contributed by atoms with Crippen molar-refractivity contribution in [3.8, 4) is 5.75 Å². The third kappa shape index (κ3) is 3.04. The molecule has 0 spiro atoms. The zero-order chi connectivity index (χ0) is 18.4. The number of hydrogen-bond acceptors (Lipinski definition) is 3. The second-order valence-corrected chi connectivity index (χ2v) is 6.81. The third-order valence-electron chi connectivity index (χ3n) is 4.46. The van der Waals surface area contributed by atoms with Crippen molar-refractivity contribution in [1.29, 1.82) is 0 Å². The second-order valence-electron chi connectivity index (χ2n) is 6.81. The minimum Gasteiger partial charge on any atom is -0.496 e. The van der Waals surface area contributed by atoms with E-state index in [0.29, 0.717) is 5.39 Å². The van der Waals surface area contributed by atoms with E-state index in [1.54, 1.807) is 32.0 Å². The van der Waals surface area contributed by atoms with Gasteiger partial charge in [-0.1, -0.05) is 36.4 Å². The normalized spacial score (nSPS) is 19.0. The molecule has 25 heavy (non-hydrogen) atoms. The van der Waals surface area contributed by atoms with Crippen molar-refractivity contribution < 1.29 is 22.7 Å². The van der Waals surface area contributed by atoms with E-state index in [2.05, 4.69) is 5.43 Å². The minimum atomic E-state index is -4.58. The number of methoxy groups -OCH3 is 1. The predicted molar refractivity (Wildman–Crippen MR) is 87.9 cm³/mol. The Kier molecular flexibility index (Phi) is 4.15. The Bertz CT molecular complexity index is 818. The van der Waals surface area contributed by atoms with Crippen LogP contribution >= 0.6 is 0 Å². The summed E-state index contributed by atoms with van der Waals surface area (Å²) in [5.74, 6) is -0.263. The summed E-state index contributed by atoms with van der Waals surface area (Å²) < 4.78 is 47.0. The molecule has 1 atom stereocenters. The number of carbonyl (C=O) groups excluding carboxylic acids is 1. The largest absolute Gasteiger partial charge is 0.496 e. The van der Waals surface area contributed by atoms with Crippen LogP contribution in [0.25, 0.3) is 10.8 Å². The molecule has 7 heteroatoms. The lowest BCUT2D eigenvalue weighted by molar-refractivity contribution is -0.191. The lowest BCUT2D eigenvalue weighted by Crippen LogP contribution is -2.43. The topological polar surface area (TPSA) is 41.6 Å². The molecule has 134 valence electrons. The van der Waals surface area contributed by atoms with Gasteiger partial charge in [-0.3, -0.25) is 10.2 Å². The fraction of sp³-hybridized carbons (Fsp3) is 0.389. The molecule has 1 aliphatic rings. The van der Waals surface area contributed by atoms with Crippen molar-refractivity contribution >= 4 is 16.7 Å². The predicted octanol–water partition coefficient (Wildman–Crippen LogP) is 3.82. The number of benzene rings is 2. The Morgan fingerprint density at radius 1 is 1.20 bits per heavy atom. The molecule has 0 saturated carbocycles. The van der Waals surface area contributed by atoms with Crippen molar-refractivity contribution in [3.63, 3.8) is 0 Å². The zero-order valence-corrected chi connectivity index (χ0v) is 14.1. The van der Waals surface area contributed by atoms with Gasteiger partial charge in [-0.15, -0.1) is 0 Å². The Morgan fingerprint density at radius 3 is 2.44 bits per heavy atom. The summed E-state index contributed by atoms with van der Waals surface area (Å²) in [7, 11) is 1.35. The van der Waals surface area contributed by atoms with E-state index in [1.807, 2.05) is 12.1 Å². The molecule has 1 unspecified atom stereocenters. The van der Waals surface area contributed by atoms with Crippen molar-refractivity contribution in [2.75, 3.05) is 13.7 Å². The molecule has 0 bridgehead atoms. The van der Waals surface area contributed by atoms with Crippen LogP contribution in [0.3, 0.4) is 0 Å². The van der Waals surface area contributed by atoms with Crippen LogP contribution in [0.4, 0.5) is 13.2 Å². The number of carbonyl (C=O) groups is 1. The van der Waals surface area contributed by atoms with Gasteiger partial charge in [0.25, 0.3) is 0 Å². The van der Waals surface area contributed by atoms with Crippen LogP contribution in [0.15, 0.2) is 36.4 Å². The molecule has 1 heterocycles. The molecular formula is C18H19F3N2O2. The Morgan fingerprint density at radius 2 is 1.88 bits per heavy atom. The van der Waals surface area contributed by atoms with E-state index < -0.39 is 23.5 Å². The van der Waals surface area contributed by atoms with Gasteiger partial charge < -0.3 is 4.74 Å². The average molecular weight is 352 g/mol. The molecular weight excluding hydrogens is 333 g/mol. The first-order valence-electron chi connectivity index (χ1n) is 7.85. The van der Waals surface area contributed by atoms with Gasteiger partial charge in [0.1, 0.15) is 5.75 Å². The van der Waals surface area contributed by atoms with Gasteiger partial charge >= 0.3 is 6.18 Å². The highest BCUT2D eigenvalue weighted by molar-refractivity contribution is 5.90. The number of fused-ring (bicyclic) bond motifs is 1. The maximum Gasteiger partial charge on any atom is 0.410 e. The molecule has 4 nitrogen and oxygen atoms in total. The number of hydrazine groups is 1. The van der Waals surface area contributed by atoms with Gasteiger partial charge in [0.2, 0.25) is 5.91 Å². The van der Waals surface area contributed by atoms with E-state index in [4.69, 9.17) is 4.74 Å². The summed E-state index contributed by atoms with van der Waals surface area (Å²) in [6.07, 6.45) is -4.58. The molecule has 0 radical (unpaired) electrons. The lowest BCUT2D eigenvalue weighted by Gasteiger charge is -2.31. The number of amides is 1. The molecule has 0 aliphatic carbocycles. The standard InChI is InChI=1S/C18H19F3N2O2/c1-17(2)10-23(22-16(17)24)15(18(19,20)21)13-9-8-11-6-4-5-7-12(11)14(13)25-3/h4-9,15H,10H2,1-3H3,(H,22,24). The van der Waals surface area contributed by atoms with Gasteiger partial charge in [-0.05, 0) is 19.2 Å². The summed E-state index contributed by atoms with van der Waals surface area (Å²) in [6.45, 7) is 3.19. The van der Waals surface area contributed by atoms with Gasteiger partial charge in [0.05, 0.1) is 12.5 Å². The minimum absolute atomic E-state index is 0.0216. The van der Waals surface area contributed by atoms with Crippen LogP contribution in [-0.2, 0) is 4.79 Å². The lowest BCUT2D eigenvalue weighted by atomic mass is 9.93. The van der Waals surface area contributed by atoms with Crippen LogP contribution < -0.4 is 10.2 Å². The molecule has 1 saturated heterocycles. The van der Waals surface area contributed by atoms with E-state index >= 15 is 0 Å². The second kappa shape index (κ2) is 5.91. The molecule has 1 amide bonds. The van der Waals surface area contributed by atoms with Crippen LogP contribution in [0.1, 0.15) is 25.5 Å². The summed E-state index contributed by atoms with van der Waals surface area (Å²) in [5.41, 5.74) is 1.45. The number of rotatable bonds is 3. The molecule has 1 N–H and O–H groups in total. The fourth-order valence-corrected chi connectivity index (χ4v) is 3.20. The van der Waals surface area contributed by atoms with Crippen molar-refractivity contribution in [3.05, 3.63) is 42.0 Å². The van der Waals surface area contributed by atoms with Crippen LogP contribution in [0.5, 0.6) is 5.75 Å². The highest BCUT2D eigenvalue weighted by Crippen LogP contribution is 2.45. The number of hydrogen-bond donors (Lipinski definition) is 1. The highest BCUT2D eigenvalue weighted by atomic mass is 19.4. The highest BCUT2D eigenvalue weighted by Gasteiger charge is 2.52. The summed E-state index contributed by atoms with van der Waals surface area (Å²) in [5, 5.41) is 2.34. The molecule has 2 aromatic carbocycles. The fourth-order valence-electron chi connectivity index (χ4n) is 3.20. The van der Waals surface area contributed by atoms with Gasteiger partial charge in [-0.25, -0.2) is 5.01 Å². The maximum absolute atomic E-state index is 13.9. The molecule has 0 aromatic heterocycles. The SMILES string of the molecule is COc1c(C(N2CC(C)(C)C(=O)N2)C(F)(F)F)ccc2ccccc12. The maximum atomic E-state index is 13.9. The Hall–Kier alpha value is -2.28. The van der Waals surface area contributed by atoms with Crippen LogP contribution in [0.2, 0.25) is 0 Å². The van der Waals surface area contributed by atoms with E-state index in [0.717, 1.165) is 10.4 Å². The quantitative estimate of drug-likeness (QED) is 0.913. The van der Waals surface area contributed by atoms with Crippen LogP contribution in [0, 0.1) is 5.41 Å². The van der Waals surface area contributed by atoms with Crippen LogP contribution in [-0.4, -0.2) is 30.7 Å². The number of ether oxygens (including phenoxy) is 1. The third-order valence-corrected chi connectivity index (χ3v) is 4.46. The number of halogens is 3.